The average molecular weight is 611 g/mol. The van der Waals surface area contributed by atoms with Crippen LogP contribution in [0, 0.1) is 5.92 Å². The standard InChI is InChI=1S/C34H34N4O5S/c1-4-11-36-33(40)28-6-5-21(30(37-28)34(41)42)22-16-29-25(31-19(17-43-29)10-13-44-31)15-24(22)32(39)38-27-8-7-26-20(9-12-35-26)23(27)14-18(2)3/h5-8,10,13,15-16,18,35H,4,9,11-12,14,17H2,1-3H3,(H,36,40)(H,38,39)(H,41,42). The van der Waals surface area contributed by atoms with E-state index in [0.717, 1.165) is 58.7 Å². The van der Waals surface area contributed by atoms with E-state index in [9.17, 15) is 19.5 Å². The zero-order chi connectivity index (χ0) is 31.0. The Morgan fingerprint density at radius 2 is 1.91 bits per heavy atom. The van der Waals surface area contributed by atoms with Crippen LogP contribution in [0.1, 0.15) is 75.2 Å². The molecule has 0 bridgehead atoms. The topological polar surface area (TPSA) is 130 Å². The molecule has 2 aromatic carbocycles. The number of thiophene rings is 1. The van der Waals surface area contributed by atoms with Gasteiger partial charge < -0.3 is 25.8 Å². The Morgan fingerprint density at radius 1 is 1.07 bits per heavy atom. The van der Waals surface area contributed by atoms with Crippen LogP contribution in [0.2, 0.25) is 0 Å². The number of ether oxygens (including phenoxy) is 1. The zero-order valence-electron chi connectivity index (χ0n) is 24.9. The minimum absolute atomic E-state index is 0.00637. The summed E-state index contributed by atoms with van der Waals surface area (Å²) in [6.07, 6.45) is 2.42. The van der Waals surface area contributed by atoms with Gasteiger partial charge in [-0.3, -0.25) is 9.59 Å². The van der Waals surface area contributed by atoms with Crippen LogP contribution in [0.3, 0.4) is 0 Å². The maximum absolute atomic E-state index is 14.3. The van der Waals surface area contributed by atoms with Crippen LogP contribution in [0.15, 0.2) is 47.8 Å². The highest BCUT2D eigenvalue weighted by Gasteiger charge is 2.28. The minimum atomic E-state index is -1.30. The highest BCUT2D eigenvalue weighted by Crippen LogP contribution is 2.45. The number of aromatic nitrogens is 1. The second-order valence-corrected chi connectivity index (χ2v) is 12.4. The monoisotopic (exact) mass is 610 g/mol. The number of nitrogens with zero attached hydrogens (tertiary/aromatic N) is 1. The predicted octanol–water partition coefficient (Wildman–Crippen LogP) is 6.63. The first-order valence-corrected chi connectivity index (χ1v) is 15.7. The number of pyridine rings is 1. The Hall–Kier alpha value is -4.70. The number of carbonyl (C=O) groups is 3. The molecule has 0 unspecified atom stereocenters. The lowest BCUT2D eigenvalue weighted by Crippen LogP contribution is -2.25. The van der Waals surface area contributed by atoms with Crippen molar-refractivity contribution in [3.8, 4) is 27.3 Å². The first-order valence-electron chi connectivity index (χ1n) is 14.9. The van der Waals surface area contributed by atoms with Gasteiger partial charge in [-0.05, 0) is 84.2 Å². The summed E-state index contributed by atoms with van der Waals surface area (Å²) in [4.78, 5) is 44.6. The smallest absolute Gasteiger partial charge is 0.355 e. The minimum Gasteiger partial charge on any atom is -0.488 e. The van der Waals surface area contributed by atoms with Gasteiger partial charge in [0.15, 0.2) is 5.69 Å². The molecule has 2 aliphatic rings. The highest BCUT2D eigenvalue weighted by molar-refractivity contribution is 7.13. The summed E-state index contributed by atoms with van der Waals surface area (Å²) in [6, 6.07) is 12.5. The maximum atomic E-state index is 14.3. The molecule has 4 aromatic rings. The number of carboxylic acid groups (broad SMARTS) is 1. The van der Waals surface area contributed by atoms with Gasteiger partial charge in [0.25, 0.3) is 11.8 Å². The van der Waals surface area contributed by atoms with Gasteiger partial charge in [0.2, 0.25) is 0 Å². The lowest BCUT2D eigenvalue weighted by molar-refractivity contribution is 0.0691. The summed E-state index contributed by atoms with van der Waals surface area (Å²) in [5, 5.41) is 21.5. The van der Waals surface area contributed by atoms with Gasteiger partial charge in [-0.1, -0.05) is 20.8 Å². The second kappa shape index (κ2) is 12.1. The molecule has 0 spiro atoms. The molecule has 0 atom stereocenters. The van der Waals surface area contributed by atoms with E-state index in [-0.39, 0.29) is 28.4 Å². The van der Waals surface area contributed by atoms with Crippen LogP contribution in [-0.2, 0) is 19.4 Å². The van der Waals surface area contributed by atoms with Crippen molar-refractivity contribution in [2.75, 3.05) is 23.7 Å². The number of carboxylic acids is 1. The van der Waals surface area contributed by atoms with Gasteiger partial charge in [0.05, 0.1) is 0 Å². The van der Waals surface area contributed by atoms with Gasteiger partial charge in [-0.2, -0.15) is 0 Å². The van der Waals surface area contributed by atoms with E-state index < -0.39 is 11.9 Å². The molecule has 0 fully saturated rings. The van der Waals surface area contributed by atoms with Crippen LogP contribution in [0.4, 0.5) is 11.4 Å². The lowest BCUT2D eigenvalue weighted by atomic mass is 9.92. The van der Waals surface area contributed by atoms with Crippen molar-refractivity contribution in [2.45, 2.75) is 46.6 Å². The largest absolute Gasteiger partial charge is 0.488 e. The van der Waals surface area contributed by atoms with E-state index in [1.165, 1.54) is 11.6 Å². The van der Waals surface area contributed by atoms with E-state index in [2.05, 4.69) is 34.8 Å². The fourth-order valence-corrected chi connectivity index (χ4v) is 6.77. The molecule has 2 aliphatic heterocycles. The Kier molecular flexibility index (Phi) is 8.09. The number of hydrogen-bond acceptors (Lipinski definition) is 7. The predicted molar refractivity (Wildman–Crippen MR) is 172 cm³/mol. The van der Waals surface area contributed by atoms with Crippen LogP contribution in [-0.4, -0.2) is 41.0 Å². The first kappa shape index (κ1) is 29.4. The van der Waals surface area contributed by atoms with Crippen LogP contribution < -0.4 is 20.7 Å². The van der Waals surface area contributed by atoms with Gasteiger partial charge in [-0.25, -0.2) is 9.78 Å². The molecule has 2 aromatic heterocycles. The van der Waals surface area contributed by atoms with Crippen molar-refractivity contribution >= 4 is 40.5 Å². The van der Waals surface area contributed by atoms with Gasteiger partial charge >= 0.3 is 5.97 Å². The Morgan fingerprint density at radius 3 is 2.68 bits per heavy atom. The van der Waals surface area contributed by atoms with E-state index in [0.29, 0.717) is 30.4 Å². The van der Waals surface area contributed by atoms with Crippen LogP contribution in [0.25, 0.3) is 21.6 Å². The van der Waals surface area contributed by atoms with Gasteiger partial charge in [0.1, 0.15) is 18.1 Å². The van der Waals surface area contributed by atoms with E-state index >= 15 is 0 Å². The summed E-state index contributed by atoms with van der Waals surface area (Å²) < 4.78 is 6.08. The lowest BCUT2D eigenvalue weighted by Gasteiger charge is -2.22. The molecule has 4 N–H and O–H groups in total. The number of amides is 2. The number of benzene rings is 2. The van der Waals surface area contributed by atoms with Crippen LogP contribution >= 0.6 is 11.3 Å². The third-order valence-electron chi connectivity index (χ3n) is 7.88. The molecular formula is C34H34N4O5S. The third kappa shape index (κ3) is 5.53. The van der Waals surface area contributed by atoms with E-state index in [4.69, 9.17) is 4.74 Å². The second-order valence-electron chi connectivity index (χ2n) is 11.5. The van der Waals surface area contributed by atoms with E-state index in [1.807, 2.05) is 30.5 Å². The van der Waals surface area contributed by atoms with Crippen molar-refractivity contribution in [2.24, 2.45) is 5.92 Å². The number of nitrogens with one attached hydrogen (secondary N) is 3. The number of hydrogen-bond donors (Lipinski definition) is 4. The highest BCUT2D eigenvalue weighted by atomic mass is 32.1. The third-order valence-corrected chi connectivity index (χ3v) is 8.87. The molecule has 6 rings (SSSR count). The Bertz CT molecular complexity index is 1790. The van der Waals surface area contributed by atoms with Crippen molar-refractivity contribution in [1.29, 1.82) is 0 Å². The van der Waals surface area contributed by atoms with Crippen molar-refractivity contribution in [3.63, 3.8) is 0 Å². The molecule has 0 saturated carbocycles. The normalized spacial score (nSPS) is 12.9. The summed E-state index contributed by atoms with van der Waals surface area (Å²) in [5.41, 5.74) is 6.50. The van der Waals surface area contributed by atoms with Gasteiger partial charge in [-0.15, -0.1) is 11.3 Å². The van der Waals surface area contributed by atoms with Crippen molar-refractivity contribution in [3.05, 3.63) is 81.5 Å². The molecule has 2 amide bonds. The molecule has 44 heavy (non-hydrogen) atoms. The number of rotatable bonds is 9. The van der Waals surface area contributed by atoms with Crippen LogP contribution in [0.5, 0.6) is 5.75 Å². The summed E-state index contributed by atoms with van der Waals surface area (Å²) in [7, 11) is 0. The SMILES string of the molecule is CCCNC(=O)c1ccc(-c2cc3c(cc2C(=O)Nc2ccc4c(c2CC(C)C)CCN4)-c2sccc2CO3)c(C(=O)O)n1. The average Bonchev–Trinajstić information content (AvgIpc) is 3.70. The van der Waals surface area contributed by atoms with Crippen molar-refractivity contribution < 1.29 is 24.2 Å². The Labute approximate surface area is 259 Å². The summed E-state index contributed by atoms with van der Waals surface area (Å²) in [5.74, 6) is -1.20. The first-order chi connectivity index (χ1) is 21.2. The number of fused-ring (bicyclic) bond motifs is 4. The molecule has 0 radical (unpaired) electrons. The molecule has 4 heterocycles. The van der Waals surface area contributed by atoms with Crippen molar-refractivity contribution in [1.82, 2.24) is 10.3 Å². The summed E-state index contributed by atoms with van der Waals surface area (Å²) >= 11 is 1.57. The summed E-state index contributed by atoms with van der Waals surface area (Å²) in [6.45, 7) is 7.90. The Balaban J connectivity index is 1.48. The van der Waals surface area contributed by atoms with Gasteiger partial charge in [0, 0.05) is 57.2 Å². The fraction of sp³-hybridized carbons (Fsp3) is 0.294. The fourth-order valence-electron chi connectivity index (χ4n) is 5.84. The number of anilines is 2. The molecule has 226 valence electrons. The van der Waals surface area contributed by atoms with E-state index in [1.54, 1.807) is 29.5 Å². The number of carbonyl (C=O) groups excluding carboxylic acids is 2. The molecular weight excluding hydrogens is 576 g/mol. The molecule has 10 heteroatoms. The number of aromatic carboxylic acids is 1. The molecule has 9 nitrogen and oxygen atoms in total. The quantitative estimate of drug-likeness (QED) is 0.167. The maximum Gasteiger partial charge on any atom is 0.355 e. The zero-order valence-corrected chi connectivity index (χ0v) is 25.7. The molecule has 0 aliphatic carbocycles. The molecule has 0 saturated heterocycles.